The maximum absolute atomic E-state index is 8.91. The number of aliphatic hydroxyl groups excluding tert-OH is 1. The molecule has 0 aromatic rings. The quantitative estimate of drug-likeness (QED) is 0.689. The normalized spacial score (nSPS) is 24.9. The molecule has 0 aliphatic carbocycles. The van der Waals surface area contributed by atoms with Crippen molar-refractivity contribution < 1.29 is 9.84 Å². The first-order valence-corrected chi connectivity index (χ1v) is 6.30. The fourth-order valence-corrected chi connectivity index (χ4v) is 1.89. The van der Waals surface area contributed by atoms with E-state index in [1.807, 2.05) is 6.92 Å². The van der Waals surface area contributed by atoms with Crippen molar-refractivity contribution in [3.8, 4) is 0 Å². The van der Waals surface area contributed by atoms with Gasteiger partial charge in [-0.05, 0) is 26.3 Å². The molecule has 1 saturated heterocycles. The van der Waals surface area contributed by atoms with Crippen LogP contribution in [0.15, 0.2) is 0 Å². The molecule has 0 aromatic carbocycles. The van der Waals surface area contributed by atoms with Gasteiger partial charge in [0, 0.05) is 32.3 Å². The average Bonchev–Trinajstić information content (AvgIpc) is 2.29. The van der Waals surface area contributed by atoms with Gasteiger partial charge in [-0.2, -0.15) is 0 Å². The number of hydrogen-bond donors (Lipinski definition) is 2. The van der Waals surface area contributed by atoms with Gasteiger partial charge >= 0.3 is 0 Å². The van der Waals surface area contributed by atoms with Crippen LogP contribution in [0, 0.1) is 5.92 Å². The molecule has 0 bridgehead atoms. The second-order valence-corrected chi connectivity index (χ2v) is 5.03. The van der Waals surface area contributed by atoms with Crippen LogP contribution in [0.25, 0.3) is 0 Å². The molecule has 0 spiro atoms. The zero-order valence-electron chi connectivity index (χ0n) is 10.8. The monoisotopic (exact) mass is 230 g/mol. The van der Waals surface area contributed by atoms with Gasteiger partial charge in [-0.15, -0.1) is 0 Å². The third-order valence-electron chi connectivity index (χ3n) is 3.08. The van der Waals surface area contributed by atoms with Crippen LogP contribution in [0.3, 0.4) is 0 Å². The number of ether oxygens (including phenoxy) is 1. The Kier molecular flexibility index (Phi) is 6.28. The van der Waals surface area contributed by atoms with Crippen molar-refractivity contribution in [2.75, 3.05) is 39.4 Å². The molecule has 2 N–H and O–H groups in total. The SMILES string of the molecule is CC(CO)CNCC1CN(C(C)C)CCO1. The molecule has 96 valence electrons. The maximum atomic E-state index is 8.91. The third-order valence-corrected chi connectivity index (χ3v) is 3.08. The van der Waals surface area contributed by atoms with Crippen molar-refractivity contribution in [1.82, 2.24) is 10.2 Å². The van der Waals surface area contributed by atoms with E-state index >= 15 is 0 Å². The Hall–Kier alpha value is -0.160. The van der Waals surface area contributed by atoms with Crippen LogP contribution in [0.5, 0.6) is 0 Å². The molecule has 1 aliphatic heterocycles. The highest BCUT2D eigenvalue weighted by Crippen LogP contribution is 2.08. The van der Waals surface area contributed by atoms with Crippen molar-refractivity contribution in [1.29, 1.82) is 0 Å². The van der Waals surface area contributed by atoms with Gasteiger partial charge in [-0.1, -0.05) is 6.92 Å². The van der Waals surface area contributed by atoms with Gasteiger partial charge in [-0.25, -0.2) is 0 Å². The first kappa shape index (κ1) is 13.9. The summed E-state index contributed by atoms with van der Waals surface area (Å²) in [5.74, 6) is 0.324. The van der Waals surface area contributed by atoms with Crippen molar-refractivity contribution in [2.45, 2.75) is 32.9 Å². The Morgan fingerprint density at radius 2 is 2.19 bits per heavy atom. The first-order chi connectivity index (χ1) is 7.63. The molecule has 4 nitrogen and oxygen atoms in total. The third kappa shape index (κ3) is 4.78. The second kappa shape index (κ2) is 7.22. The molecule has 0 aromatic heterocycles. The summed E-state index contributed by atoms with van der Waals surface area (Å²) in [6, 6.07) is 0.600. The number of rotatable bonds is 6. The lowest BCUT2D eigenvalue weighted by molar-refractivity contribution is -0.0374. The van der Waals surface area contributed by atoms with Gasteiger partial charge in [0.2, 0.25) is 0 Å². The van der Waals surface area contributed by atoms with E-state index in [-0.39, 0.29) is 6.61 Å². The van der Waals surface area contributed by atoms with Crippen molar-refractivity contribution in [3.05, 3.63) is 0 Å². The van der Waals surface area contributed by atoms with Gasteiger partial charge in [0.05, 0.1) is 12.7 Å². The fraction of sp³-hybridized carbons (Fsp3) is 1.00. The van der Waals surface area contributed by atoms with Crippen LogP contribution in [0.4, 0.5) is 0 Å². The minimum absolute atomic E-state index is 0.247. The molecular weight excluding hydrogens is 204 g/mol. The van der Waals surface area contributed by atoms with Crippen molar-refractivity contribution in [3.63, 3.8) is 0 Å². The lowest BCUT2D eigenvalue weighted by Gasteiger charge is -2.35. The molecular formula is C12H26N2O2. The zero-order valence-corrected chi connectivity index (χ0v) is 10.8. The lowest BCUT2D eigenvalue weighted by Crippen LogP contribution is -2.49. The van der Waals surface area contributed by atoms with E-state index in [1.54, 1.807) is 0 Å². The predicted octanol–water partition coefficient (Wildman–Crippen LogP) is 0.314. The summed E-state index contributed by atoms with van der Waals surface area (Å²) in [5, 5.41) is 12.3. The Labute approximate surface area is 99.0 Å². The number of nitrogens with one attached hydrogen (secondary N) is 1. The van der Waals surface area contributed by atoms with E-state index in [0.717, 1.165) is 32.8 Å². The molecule has 1 heterocycles. The summed E-state index contributed by atoms with van der Waals surface area (Å²) in [5.41, 5.74) is 0. The second-order valence-electron chi connectivity index (χ2n) is 5.03. The van der Waals surface area contributed by atoms with Crippen LogP contribution in [-0.4, -0.2) is 61.5 Å². The van der Waals surface area contributed by atoms with Crippen LogP contribution >= 0.6 is 0 Å². The summed E-state index contributed by atoms with van der Waals surface area (Å²) in [6.45, 7) is 11.4. The summed E-state index contributed by atoms with van der Waals surface area (Å²) in [4.78, 5) is 2.45. The van der Waals surface area contributed by atoms with E-state index in [0.29, 0.717) is 18.1 Å². The molecule has 0 amide bonds. The first-order valence-electron chi connectivity index (χ1n) is 6.30. The lowest BCUT2D eigenvalue weighted by atomic mass is 10.2. The van der Waals surface area contributed by atoms with Gasteiger partial charge in [0.25, 0.3) is 0 Å². The highest BCUT2D eigenvalue weighted by Gasteiger charge is 2.21. The highest BCUT2D eigenvalue weighted by molar-refractivity contribution is 4.75. The number of nitrogens with zero attached hydrogens (tertiary/aromatic N) is 1. The molecule has 1 fully saturated rings. The van der Waals surface area contributed by atoms with E-state index in [2.05, 4.69) is 24.1 Å². The minimum atomic E-state index is 0.247. The highest BCUT2D eigenvalue weighted by atomic mass is 16.5. The van der Waals surface area contributed by atoms with E-state index in [1.165, 1.54) is 0 Å². The van der Waals surface area contributed by atoms with Crippen molar-refractivity contribution in [2.24, 2.45) is 5.92 Å². The van der Waals surface area contributed by atoms with E-state index in [4.69, 9.17) is 9.84 Å². The number of hydrogen-bond acceptors (Lipinski definition) is 4. The topological polar surface area (TPSA) is 44.7 Å². The zero-order chi connectivity index (χ0) is 12.0. The standard InChI is InChI=1S/C12H26N2O2/c1-10(2)14-4-5-16-12(8-14)7-13-6-11(3)9-15/h10-13,15H,4-9H2,1-3H3. The molecule has 1 aliphatic rings. The molecule has 16 heavy (non-hydrogen) atoms. The van der Waals surface area contributed by atoms with Gasteiger partial charge < -0.3 is 15.2 Å². The molecule has 2 unspecified atom stereocenters. The maximum Gasteiger partial charge on any atom is 0.0826 e. The number of aliphatic hydroxyl groups is 1. The Morgan fingerprint density at radius 3 is 2.81 bits per heavy atom. The predicted molar refractivity (Wildman–Crippen MR) is 65.6 cm³/mol. The number of morpholine rings is 1. The van der Waals surface area contributed by atoms with Crippen LogP contribution in [0.1, 0.15) is 20.8 Å². The molecule has 1 rings (SSSR count). The van der Waals surface area contributed by atoms with Gasteiger partial charge in [-0.3, -0.25) is 4.90 Å². The Bertz CT molecular complexity index is 188. The summed E-state index contributed by atoms with van der Waals surface area (Å²) in [7, 11) is 0. The van der Waals surface area contributed by atoms with Gasteiger partial charge in [0.15, 0.2) is 0 Å². The van der Waals surface area contributed by atoms with E-state index < -0.39 is 0 Å². The van der Waals surface area contributed by atoms with Gasteiger partial charge in [0.1, 0.15) is 0 Å². The largest absolute Gasteiger partial charge is 0.396 e. The fourth-order valence-electron chi connectivity index (χ4n) is 1.89. The van der Waals surface area contributed by atoms with Crippen molar-refractivity contribution >= 4 is 0 Å². The molecule has 2 atom stereocenters. The van der Waals surface area contributed by atoms with E-state index in [9.17, 15) is 0 Å². The summed E-state index contributed by atoms with van der Waals surface area (Å²) in [6.07, 6.45) is 0.294. The molecule has 4 heteroatoms. The summed E-state index contributed by atoms with van der Waals surface area (Å²) < 4.78 is 5.71. The van der Waals surface area contributed by atoms with Crippen LogP contribution in [-0.2, 0) is 4.74 Å². The Balaban J connectivity index is 2.17. The Morgan fingerprint density at radius 1 is 1.44 bits per heavy atom. The average molecular weight is 230 g/mol. The smallest absolute Gasteiger partial charge is 0.0826 e. The molecule has 0 saturated carbocycles. The minimum Gasteiger partial charge on any atom is -0.396 e. The van der Waals surface area contributed by atoms with Crippen LogP contribution < -0.4 is 5.32 Å². The summed E-state index contributed by atoms with van der Waals surface area (Å²) >= 11 is 0. The van der Waals surface area contributed by atoms with Crippen LogP contribution in [0.2, 0.25) is 0 Å². The molecule has 0 radical (unpaired) electrons.